The fraction of sp³-hybridized carbons (Fsp3) is 0.417. The van der Waals surface area contributed by atoms with E-state index in [4.69, 9.17) is 4.98 Å². The van der Waals surface area contributed by atoms with Crippen molar-refractivity contribution in [3.05, 3.63) is 59.9 Å². The zero-order valence-electron chi connectivity index (χ0n) is 16.9. The number of carbonyl (C=O) groups excluding carboxylic acids is 1. The molecule has 1 aliphatic heterocycles. The van der Waals surface area contributed by atoms with Crippen LogP contribution in [0.15, 0.2) is 48.5 Å². The Morgan fingerprint density at radius 3 is 2.75 bits per heavy atom. The average Bonchev–Trinajstić information content (AvgIpc) is 3.26. The fourth-order valence-corrected chi connectivity index (χ4v) is 4.26. The summed E-state index contributed by atoms with van der Waals surface area (Å²) >= 11 is 0. The predicted molar refractivity (Wildman–Crippen MR) is 115 cm³/mol. The average molecular weight is 376 g/mol. The molecule has 1 aromatic heterocycles. The van der Waals surface area contributed by atoms with Crippen LogP contribution in [0.2, 0.25) is 0 Å². The van der Waals surface area contributed by atoms with E-state index in [1.54, 1.807) is 0 Å². The number of fused-ring (bicyclic) bond motifs is 1. The first kappa shape index (κ1) is 18.7. The molecule has 0 bridgehead atoms. The third-order valence-corrected chi connectivity index (χ3v) is 5.72. The van der Waals surface area contributed by atoms with Gasteiger partial charge in [0.2, 0.25) is 5.91 Å². The van der Waals surface area contributed by atoms with E-state index in [2.05, 4.69) is 48.7 Å². The predicted octanol–water partition coefficient (Wildman–Crippen LogP) is 5.45. The first-order valence-electron chi connectivity index (χ1n) is 10.5. The van der Waals surface area contributed by atoms with Crippen molar-refractivity contribution in [3.8, 4) is 0 Å². The van der Waals surface area contributed by atoms with Crippen molar-refractivity contribution in [1.82, 2.24) is 9.55 Å². The molecule has 1 fully saturated rings. The van der Waals surface area contributed by atoms with Crippen molar-refractivity contribution in [2.45, 2.75) is 58.4 Å². The van der Waals surface area contributed by atoms with E-state index < -0.39 is 0 Å². The Labute approximate surface area is 167 Å². The lowest BCUT2D eigenvalue weighted by atomic mass is 10.1. The number of aryl methyl sites for hydroxylation is 2. The molecule has 4 heteroatoms. The number of anilines is 1. The smallest absolute Gasteiger partial charge is 0.227 e. The standard InChI is InChI=1S/C24H29N3O/c1-3-4-5-8-14-26-22-13-7-6-12-21(22)25-24(26)19-16-23(28)27(17-19)20-11-9-10-18(2)15-20/h6-7,9-13,15,19H,3-5,8,14,16-17H2,1-2H3/t19-/m1/s1. The Morgan fingerprint density at radius 1 is 1.07 bits per heavy atom. The number of benzene rings is 2. The fourth-order valence-electron chi connectivity index (χ4n) is 4.26. The molecule has 1 amide bonds. The number of aromatic nitrogens is 2. The first-order valence-corrected chi connectivity index (χ1v) is 10.5. The number of hydrogen-bond acceptors (Lipinski definition) is 2. The molecular formula is C24H29N3O. The molecule has 1 saturated heterocycles. The quantitative estimate of drug-likeness (QED) is 0.515. The Morgan fingerprint density at radius 2 is 1.93 bits per heavy atom. The lowest BCUT2D eigenvalue weighted by Gasteiger charge is -2.18. The zero-order chi connectivity index (χ0) is 19.5. The molecule has 0 saturated carbocycles. The summed E-state index contributed by atoms with van der Waals surface area (Å²) in [5.74, 6) is 1.41. The van der Waals surface area contributed by atoms with Gasteiger partial charge in [0.05, 0.1) is 11.0 Å². The maximum Gasteiger partial charge on any atom is 0.227 e. The highest BCUT2D eigenvalue weighted by molar-refractivity contribution is 5.96. The molecule has 28 heavy (non-hydrogen) atoms. The molecule has 1 atom stereocenters. The molecule has 4 rings (SSSR count). The molecule has 2 aromatic carbocycles. The Kier molecular flexibility index (Phi) is 5.47. The molecule has 0 N–H and O–H groups in total. The summed E-state index contributed by atoms with van der Waals surface area (Å²) in [4.78, 5) is 19.7. The van der Waals surface area contributed by atoms with E-state index >= 15 is 0 Å². The SMILES string of the molecule is CCCCCCn1c([C@@H]2CC(=O)N(c3cccc(C)c3)C2)nc2ccccc21. The summed E-state index contributed by atoms with van der Waals surface area (Å²) in [6.45, 7) is 5.99. The van der Waals surface area contributed by atoms with Gasteiger partial charge in [-0.15, -0.1) is 0 Å². The molecule has 0 unspecified atom stereocenters. The minimum absolute atomic E-state index is 0.145. The van der Waals surface area contributed by atoms with Gasteiger partial charge in [-0.3, -0.25) is 4.79 Å². The number of carbonyl (C=O) groups is 1. The minimum atomic E-state index is 0.145. The number of amides is 1. The highest BCUT2D eigenvalue weighted by Crippen LogP contribution is 2.33. The van der Waals surface area contributed by atoms with E-state index in [1.807, 2.05) is 23.1 Å². The van der Waals surface area contributed by atoms with Crippen molar-refractivity contribution in [2.75, 3.05) is 11.4 Å². The van der Waals surface area contributed by atoms with Crippen LogP contribution in [0.3, 0.4) is 0 Å². The van der Waals surface area contributed by atoms with Crippen LogP contribution in [0, 0.1) is 6.92 Å². The molecular weight excluding hydrogens is 346 g/mol. The zero-order valence-corrected chi connectivity index (χ0v) is 16.9. The van der Waals surface area contributed by atoms with Crippen molar-refractivity contribution in [2.24, 2.45) is 0 Å². The third-order valence-electron chi connectivity index (χ3n) is 5.72. The van der Waals surface area contributed by atoms with Crippen LogP contribution in [0.1, 0.15) is 56.3 Å². The normalized spacial score (nSPS) is 17.0. The summed E-state index contributed by atoms with van der Waals surface area (Å²) in [5.41, 5.74) is 4.40. The van der Waals surface area contributed by atoms with Gasteiger partial charge in [-0.1, -0.05) is 50.5 Å². The van der Waals surface area contributed by atoms with Gasteiger partial charge < -0.3 is 9.47 Å². The van der Waals surface area contributed by atoms with Gasteiger partial charge in [-0.25, -0.2) is 4.98 Å². The van der Waals surface area contributed by atoms with Gasteiger partial charge in [-0.05, 0) is 43.2 Å². The van der Waals surface area contributed by atoms with Gasteiger partial charge in [0.25, 0.3) is 0 Å². The summed E-state index contributed by atoms with van der Waals surface area (Å²) < 4.78 is 2.36. The second kappa shape index (κ2) is 8.17. The lowest BCUT2D eigenvalue weighted by molar-refractivity contribution is -0.117. The third kappa shape index (κ3) is 3.68. The minimum Gasteiger partial charge on any atom is -0.328 e. The monoisotopic (exact) mass is 375 g/mol. The number of rotatable bonds is 7. The lowest BCUT2D eigenvalue weighted by Crippen LogP contribution is -2.24. The molecule has 4 nitrogen and oxygen atoms in total. The van der Waals surface area contributed by atoms with Gasteiger partial charge >= 0.3 is 0 Å². The molecule has 0 radical (unpaired) electrons. The summed E-state index contributed by atoms with van der Waals surface area (Å²) in [6, 6.07) is 16.6. The van der Waals surface area contributed by atoms with Crippen molar-refractivity contribution in [3.63, 3.8) is 0 Å². The van der Waals surface area contributed by atoms with Crippen molar-refractivity contribution < 1.29 is 4.79 Å². The van der Waals surface area contributed by atoms with Crippen molar-refractivity contribution >= 4 is 22.6 Å². The topological polar surface area (TPSA) is 38.1 Å². The molecule has 146 valence electrons. The van der Waals surface area contributed by atoms with E-state index in [0.717, 1.165) is 30.0 Å². The van der Waals surface area contributed by atoms with E-state index in [-0.39, 0.29) is 11.8 Å². The number of unbranched alkanes of at least 4 members (excludes halogenated alkanes) is 3. The molecule has 0 aliphatic carbocycles. The highest BCUT2D eigenvalue weighted by Gasteiger charge is 2.34. The van der Waals surface area contributed by atoms with E-state index in [9.17, 15) is 4.79 Å². The largest absolute Gasteiger partial charge is 0.328 e. The van der Waals surface area contributed by atoms with Crippen LogP contribution in [-0.4, -0.2) is 22.0 Å². The second-order valence-electron chi connectivity index (χ2n) is 7.92. The molecule has 1 aliphatic rings. The number of nitrogens with zero attached hydrogens (tertiary/aromatic N) is 3. The number of imidazole rings is 1. The van der Waals surface area contributed by atoms with Crippen LogP contribution < -0.4 is 4.90 Å². The highest BCUT2D eigenvalue weighted by atomic mass is 16.2. The Hall–Kier alpha value is -2.62. The second-order valence-corrected chi connectivity index (χ2v) is 7.92. The van der Waals surface area contributed by atoms with Gasteiger partial charge in [-0.2, -0.15) is 0 Å². The summed E-state index contributed by atoms with van der Waals surface area (Å²) in [7, 11) is 0. The summed E-state index contributed by atoms with van der Waals surface area (Å²) in [6.07, 6.45) is 5.43. The first-order chi connectivity index (χ1) is 13.7. The van der Waals surface area contributed by atoms with Gasteiger partial charge in [0.1, 0.15) is 5.82 Å². The Bertz CT molecular complexity index is 975. The van der Waals surface area contributed by atoms with Crippen LogP contribution in [-0.2, 0) is 11.3 Å². The van der Waals surface area contributed by atoms with Gasteiger partial charge in [0.15, 0.2) is 0 Å². The van der Waals surface area contributed by atoms with Crippen LogP contribution in [0.5, 0.6) is 0 Å². The molecule has 0 spiro atoms. The number of hydrogen-bond donors (Lipinski definition) is 0. The number of para-hydroxylation sites is 2. The van der Waals surface area contributed by atoms with Crippen LogP contribution in [0.4, 0.5) is 5.69 Å². The maximum absolute atomic E-state index is 12.8. The summed E-state index contributed by atoms with van der Waals surface area (Å²) in [5, 5.41) is 0. The van der Waals surface area contributed by atoms with E-state index in [1.165, 1.54) is 30.3 Å². The maximum atomic E-state index is 12.8. The van der Waals surface area contributed by atoms with Gasteiger partial charge in [0, 0.05) is 31.1 Å². The molecule has 3 aromatic rings. The molecule has 2 heterocycles. The van der Waals surface area contributed by atoms with Crippen LogP contribution in [0.25, 0.3) is 11.0 Å². The van der Waals surface area contributed by atoms with E-state index in [0.29, 0.717) is 13.0 Å². The van der Waals surface area contributed by atoms with Crippen molar-refractivity contribution in [1.29, 1.82) is 0 Å². The Balaban J connectivity index is 1.62. The van der Waals surface area contributed by atoms with Crippen LogP contribution >= 0.6 is 0 Å².